The molecule has 0 spiro atoms. The molecular weight excluding hydrogens is 234 g/mol. The summed E-state index contributed by atoms with van der Waals surface area (Å²) in [6.07, 6.45) is -0.597. The largest absolute Gasteiger partial charge is 0.392 e. The van der Waals surface area contributed by atoms with Crippen LogP contribution in [-0.4, -0.2) is 58.9 Å². The van der Waals surface area contributed by atoms with Crippen molar-refractivity contribution in [3.8, 4) is 0 Å². The van der Waals surface area contributed by atoms with Crippen molar-refractivity contribution in [3.63, 3.8) is 0 Å². The summed E-state index contributed by atoms with van der Waals surface area (Å²) in [5, 5.41) is 19.8. The van der Waals surface area contributed by atoms with Crippen molar-refractivity contribution in [1.29, 1.82) is 0 Å². The number of nitrogens with one attached hydrogen (secondary N) is 1. The van der Waals surface area contributed by atoms with Gasteiger partial charge >= 0.3 is 0 Å². The molecule has 7 heteroatoms. The molecule has 0 fully saturated rings. The Morgan fingerprint density at radius 2 is 2.17 bits per heavy atom. The zero-order valence-electron chi connectivity index (χ0n) is 10.8. The van der Waals surface area contributed by atoms with Crippen LogP contribution in [0.5, 0.6) is 0 Å². The van der Waals surface area contributed by atoms with Crippen molar-refractivity contribution in [2.24, 2.45) is 5.73 Å². The van der Waals surface area contributed by atoms with Gasteiger partial charge < -0.3 is 21.1 Å². The molecular formula is C11H19N5O2. The topological polar surface area (TPSA) is 104 Å². The van der Waals surface area contributed by atoms with Crippen LogP contribution < -0.4 is 11.1 Å². The van der Waals surface area contributed by atoms with Crippen molar-refractivity contribution >= 4 is 11.7 Å². The van der Waals surface area contributed by atoms with E-state index in [2.05, 4.69) is 15.5 Å². The van der Waals surface area contributed by atoms with Gasteiger partial charge in [0.15, 0.2) is 5.69 Å². The maximum atomic E-state index is 11.6. The van der Waals surface area contributed by atoms with Crippen molar-refractivity contribution in [2.45, 2.75) is 19.1 Å². The van der Waals surface area contributed by atoms with Crippen LogP contribution in [0.3, 0.4) is 0 Å². The molecule has 1 amide bonds. The highest BCUT2D eigenvalue weighted by Crippen LogP contribution is 2.04. The highest BCUT2D eigenvalue weighted by molar-refractivity contribution is 5.91. The average Bonchev–Trinajstić information content (AvgIpc) is 2.35. The second-order valence-electron chi connectivity index (χ2n) is 4.29. The molecule has 0 radical (unpaired) electrons. The Bertz CT molecular complexity index is 391. The first-order chi connectivity index (χ1) is 8.41. The second-order valence-corrected chi connectivity index (χ2v) is 4.29. The maximum absolute atomic E-state index is 11.6. The van der Waals surface area contributed by atoms with Gasteiger partial charge in [0, 0.05) is 26.7 Å². The normalized spacial score (nSPS) is 13.8. The Kier molecular flexibility index (Phi) is 4.99. The van der Waals surface area contributed by atoms with E-state index in [0.717, 1.165) is 0 Å². The first-order valence-corrected chi connectivity index (χ1v) is 5.64. The third-order valence-electron chi connectivity index (χ3n) is 2.43. The molecule has 0 aromatic carbocycles. The fourth-order valence-corrected chi connectivity index (χ4v) is 1.16. The number of anilines is 1. The van der Waals surface area contributed by atoms with Crippen molar-refractivity contribution in [2.75, 3.05) is 26.0 Å². The molecule has 0 aliphatic rings. The summed E-state index contributed by atoms with van der Waals surface area (Å²) in [6.45, 7) is 2.00. The summed E-state index contributed by atoms with van der Waals surface area (Å²) in [5.74, 6) is 0.316. The van der Waals surface area contributed by atoms with Gasteiger partial charge in [-0.25, -0.2) is 0 Å². The average molecular weight is 253 g/mol. The first kappa shape index (κ1) is 14.3. The number of aliphatic hydroxyl groups is 1. The number of carbonyl (C=O) groups is 1. The summed E-state index contributed by atoms with van der Waals surface area (Å²) in [7, 11) is 3.30. The Labute approximate surface area is 106 Å². The number of nitrogens with zero attached hydrogens (tertiary/aromatic N) is 3. The molecule has 1 aromatic rings. The van der Waals surface area contributed by atoms with E-state index < -0.39 is 6.10 Å². The smallest absolute Gasteiger partial charge is 0.273 e. The fraction of sp³-hybridized carbons (Fsp3) is 0.545. The van der Waals surface area contributed by atoms with Crippen molar-refractivity contribution in [1.82, 2.24) is 15.1 Å². The zero-order valence-corrected chi connectivity index (χ0v) is 10.8. The van der Waals surface area contributed by atoms with Gasteiger partial charge in [-0.1, -0.05) is 0 Å². The van der Waals surface area contributed by atoms with Gasteiger partial charge in [-0.15, -0.1) is 10.2 Å². The number of hydrogen-bond donors (Lipinski definition) is 3. The van der Waals surface area contributed by atoms with Crippen LogP contribution >= 0.6 is 0 Å². The van der Waals surface area contributed by atoms with Crippen LogP contribution in [0.1, 0.15) is 17.4 Å². The maximum Gasteiger partial charge on any atom is 0.273 e. The lowest BCUT2D eigenvalue weighted by Crippen LogP contribution is -2.38. The summed E-state index contributed by atoms with van der Waals surface area (Å²) in [6, 6.07) is 2.86. The second kappa shape index (κ2) is 6.27. The quantitative estimate of drug-likeness (QED) is 0.641. The van der Waals surface area contributed by atoms with Crippen molar-refractivity contribution in [3.05, 3.63) is 17.8 Å². The number of nitrogens with two attached hydrogens (primary N) is 1. The molecule has 0 aliphatic heterocycles. The van der Waals surface area contributed by atoms with E-state index in [1.54, 1.807) is 33.2 Å². The van der Waals surface area contributed by atoms with Gasteiger partial charge in [0.25, 0.3) is 5.91 Å². The SMILES string of the molecule is CC(O)C(N)CNc1ccc(C(=O)N(C)C)nn1. The van der Waals surface area contributed by atoms with Gasteiger partial charge in [0.2, 0.25) is 0 Å². The van der Waals surface area contributed by atoms with Gasteiger partial charge in [0.1, 0.15) is 5.82 Å². The van der Waals surface area contributed by atoms with Crippen LogP contribution in [0, 0.1) is 0 Å². The standard InChI is InChI=1S/C11H19N5O2/c1-7(17)8(12)6-13-10-5-4-9(14-15-10)11(18)16(2)3/h4-5,7-8,17H,6,12H2,1-3H3,(H,13,15). The molecule has 1 heterocycles. The van der Waals surface area contributed by atoms with Crippen LogP contribution in [-0.2, 0) is 0 Å². The first-order valence-electron chi connectivity index (χ1n) is 5.64. The van der Waals surface area contributed by atoms with E-state index in [9.17, 15) is 9.90 Å². The number of rotatable bonds is 5. The number of amides is 1. The van der Waals surface area contributed by atoms with E-state index in [0.29, 0.717) is 12.4 Å². The molecule has 7 nitrogen and oxygen atoms in total. The van der Waals surface area contributed by atoms with E-state index in [4.69, 9.17) is 5.73 Å². The van der Waals surface area contributed by atoms with Crippen LogP contribution in [0.2, 0.25) is 0 Å². The highest BCUT2D eigenvalue weighted by atomic mass is 16.3. The van der Waals surface area contributed by atoms with Crippen molar-refractivity contribution < 1.29 is 9.90 Å². The molecule has 2 unspecified atom stereocenters. The predicted octanol–water partition coefficient (Wildman–Crippen LogP) is -0.702. The Hall–Kier alpha value is -1.73. The summed E-state index contributed by atoms with van der Waals surface area (Å²) in [5.41, 5.74) is 5.94. The van der Waals surface area contributed by atoms with Gasteiger partial charge in [-0.3, -0.25) is 4.79 Å². The monoisotopic (exact) mass is 253 g/mol. The molecule has 1 rings (SSSR count). The van der Waals surface area contributed by atoms with E-state index in [-0.39, 0.29) is 17.6 Å². The lowest BCUT2D eigenvalue weighted by atomic mass is 10.2. The van der Waals surface area contributed by atoms with Gasteiger partial charge in [-0.2, -0.15) is 0 Å². The zero-order chi connectivity index (χ0) is 13.7. The molecule has 0 saturated heterocycles. The molecule has 4 N–H and O–H groups in total. The number of carbonyl (C=O) groups excluding carboxylic acids is 1. The lowest BCUT2D eigenvalue weighted by molar-refractivity contribution is 0.0821. The van der Waals surface area contributed by atoms with Crippen LogP contribution in [0.25, 0.3) is 0 Å². The van der Waals surface area contributed by atoms with E-state index in [1.165, 1.54) is 4.90 Å². The predicted molar refractivity (Wildman–Crippen MR) is 68.2 cm³/mol. The molecule has 100 valence electrons. The third kappa shape index (κ3) is 3.94. The molecule has 0 bridgehead atoms. The van der Waals surface area contributed by atoms with Crippen LogP contribution in [0.4, 0.5) is 5.82 Å². The molecule has 0 aliphatic carbocycles. The van der Waals surface area contributed by atoms with E-state index >= 15 is 0 Å². The Balaban J connectivity index is 2.58. The Morgan fingerprint density at radius 1 is 1.50 bits per heavy atom. The van der Waals surface area contributed by atoms with Gasteiger partial charge in [-0.05, 0) is 19.1 Å². The number of aliphatic hydroxyl groups excluding tert-OH is 1. The minimum atomic E-state index is -0.597. The lowest BCUT2D eigenvalue weighted by Gasteiger charge is -2.15. The van der Waals surface area contributed by atoms with E-state index in [1.807, 2.05) is 0 Å². The van der Waals surface area contributed by atoms with Gasteiger partial charge in [0.05, 0.1) is 6.10 Å². The number of hydrogen-bond acceptors (Lipinski definition) is 6. The summed E-state index contributed by atoms with van der Waals surface area (Å²) in [4.78, 5) is 13.0. The highest BCUT2D eigenvalue weighted by Gasteiger charge is 2.11. The molecule has 0 saturated carbocycles. The molecule has 18 heavy (non-hydrogen) atoms. The molecule has 1 aromatic heterocycles. The fourth-order valence-electron chi connectivity index (χ4n) is 1.16. The minimum absolute atomic E-state index is 0.199. The minimum Gasteiger partial charge on any atom is -0.392 e. The number of aromatic nitrogens is 2. The summed E-state index contributed by atoms with van der Waals surface area (Å²) < 4.78 is 0. The summed E-state index contributed by atoms with van der Waals surface area (Å²) >= 11 is 0. The third-order valence-corrected chi connectivity index (χ3v) is 2.43. The van der Waals surface area contributed by atoms with Crippen LogP contribution in [0.15, 0.2) is 12.1 Å². The Morgan fingerprint density at radius 3 is 2.61 bits per heavy atom. The molecule has 2 atom stereocenters.